The summed E-state index contributed by atoms with van der Waals surface area (Å²) in [5, 5.41) is 3.03. The number of nitrogens with two attached hydrogens (primary N) is 1. The molecule has 0 bridgehead atoms. The molecule has 0 aliphatic heterocycles. The molecule has 0 aromatic heterocycles. The van der Waals surface area contributed by atoms with Gasteiger partial charge in [0.05, 0.1) is 12.6 Å². The molecule has 0 spiro atoms. The molecular weight excluding hydrogens is 316 g/mol. The lowest BCUT2D eigenvalue weighted by atomic mass is 9.92. The average molecular weight is 343 g/mol. The number of methoxy groups -OCH3 is 1. The Kier molecular flexibility index (Phi) is 9.37. The maximum Gasteiger partial charge on any atom is 0.251 e. The van der Waals surface area contributed by atoms with Crippen LogP contribution in [0.3, 0.4) is 0 Å². The summed E-state index contributed by atoms with van der Waals surface area (Å²) < 4.78 is 10.8. The van der Waals surface area contributed by atoms with Gasteiger partial charge in [0.2, 0.25) is 0 Å². The Balaban J connectivity index is 0.00000484. The molecule has 23 heavy (non-hydrogen) atoms. The molecule has 0 aliphatic rings. The van der Waals surface area contributed by atoms with Crippen molar-refractivity contribution < 1.29 is 14.3 Å². The van der Waals surface area contributed by atoms with E-state index in [4.69, 9.17) is 15.2 Å². The Morgan fingerprint density at radius 2 is 2.00 bits per heavy atom. The molecule has 1 rings (SSSR count). The summed E-state index contributed by atoms with van der Waals surface area (Å²) >= 11 is 0. The molecule has 0 atom stereocenters. The molecule has 5 nitrogen and oxygen atoms in total. The number of rotatable bonds is 9. The molecule has 1 aromatic rings. The lowest BCUT2D eigenvalue weighted by Gasteiger charge is -2.31. The Morgan fingerprint density at radius 1 is 1.35 bits per heavy atom. The Morgan fingerprint density at radius 3 is 2.48 bits per heavy atom. The second-order valence-corrected chi connectivity index (χ2v) is 5.11. The van der Waals surface area contributed by atoms with Gasteiger partial charge >= 0.3 is 0 Å². The summed E-state index contributed by atoms with van der Waals surface area (Å²) in [6, 6.07) is 5.10. The minimum Gasteiger partial charge on any atom is -0.493 e. The molecule has 3 N–H and O–H groups in total. The molecule has 0 fully saturated rings. The minimum atomic E-state index is -0.373. The number of hydrogen-bond acceptors (Lipinski definition) is 4. The van der Waals surface area contributed by atoms with E-state index in [2.05, 4.69) is 11.9 Å². The summed E-state index contributed by atoms with van der Waals surface area (Å²) in [7, 11) is 1.54. The van der Waals surface area contributed by atoms with Crippen molar-refractivity contribution >= 4 is 18.3 Å². The van der Waals surface area contributed by atoms with E-state index in [1.807, 2.05) is 13.8 Å². The zero-order chi connectivity index (χ0) is 16.6. The summed E-state index contributed by atoms with van der Waals surface area (Å²) in [5.41, 5.74) is 5.96. The molecule has 0 heterocycles. The second kappa shape index (κ2) is 10.1. The van der Waals surface area contributed by atoms with Crippen LogP contribution in [0.2, 0.25) is 0 Å². The molecular formula is C17H27ClN2O3. The van der Waals surface area contributed by atoms with Gasteiger partial charge in [-0.2, -0.15) is 0 Å². The van der Waals surface area contributed by atoms with Gasteiger partial charge in [0.25, 0.3) is 5.91 Å². The number of ether oxygens (including phenoxy) is 2. The topological polar surface area (TPSA) is 73.6 Å². The molecule has 0 saturated heterocycles. The van der Waals surface area contributed by atoms with E-state index in [-0.39, 0.29) is 23.9 Å². The van der Waals surface area contributed by atoms with Crippen LogP contribution in [0, 0.1) is 0 Å². The maximum absolute atomic E-state index is 12.5. The van der Waals surface area contributed by atoms with Crippen molar-refractivity contribution in [3.05, 3.63) is 36.4 Å². The van der Waals surface area contributed by atoms with Gasteiger partial charge in [-0.15, -0.1) is 12.4 Å². The van der Waals surface area contributed by atoms with E-state index in [0.717, 1.165) is 12.8 Å². The highest BCUT2D eigenvalue weighted by Crippen LogP contribution is 2.28. The van der Waals surface area contributed by atoms with E-state index in [0.29, 0.717) is 30.2 Å². The number of carbonyl (C=O) groups is 1. The molecule has 130 valence electrons. The molecule has 6 heteroatoms. The van der Waals surface area contributed by atoms with Crippen molar-refractivity contribution in [2.45, 2.75) is 32.2 Å². The Labute approximate surface area is 144 Å². The van der Waals surface area contributed by atoms with E-state index in [1.54, 1.807) is 31.4 Å². The predicted molar refractivity (Wildman–Crippen MR) is 95.8 cm³/mol. The van der Waals surface area contributed by atoms with Crippen molar-refractivity contribution in [1.82, 2.24) is 5.32 Å². The van der Waals surface area contributed by atoms with Gasteiger partial charge in [0.15, 0.2) is 11.5 Å². The first-order chi connectivity index (χ1) is 10.6. The first kappa shape index (κ1) is 21.3. The fourth-order valence-corrected chi connectivity index (χ4v) is 2.16. The maximum atomic E-state index is 12.5. The van der Waals surface area contributed by atoms with Crippen LogP contribution >= 0.6 is 12.4 Å². The van der Waals surface area contributed by atoms with Gasteiger partial charge in [0, 0.05) is 12.1 Å². The second-order valence-electron chi connectivity index (χ2n) is 5.11. The number of halogens is 1. The van der Waals surface area contributed by atoms with Crippen molar-refractivity contribution in [2.75, 3.05) is 20.3 Å². The van der Waals surface area contributed by atoms with Crippen LogP contribution in [-0.2, 0) is 0 Å². The molecule has 0 saturated carbocycles. The van der Waals surface area contributed by atoms with Crippen molar-refractivity contribution in [3.63, 3.8) is 0 Å². The number of nitrogens with one attached hydrogen (secondary N) is 1. The summed E-state index contributed by atoms with van der Waals surface area (Å²) in [6.07, 6.45) is 3.21. The van der Waals surface area contributed by atoms with Gasteiger partial charge in [0.1, 0.15) is 6.61 Å². The fraction of sp³-hybridized carbons (Fsp3) is 0.471. The monoisotopic (exact) mass is 342 g/mol. The van der Waals surface area contributed by atoms with Gasteiger partial charge in [-0.3, -0.25) is 4.79 Å². The normalized spacial score (nSPS) is 10.4. The standard InChI is InChI=1S/C17H26N2O3.ClH/c1-5-10-22-14-9-8-13(11-15(14)21-4)16(20)19-17(6-2,7-3)12-18;/h5,8-9,11H,1,6-7,10,12,18H2,2-4H3,(H,19,20);1H. The van der Waals surface area contributed by atoms with Crippen LogP contribution < -0.4 is 20.5 Å². The molecule has 0 aliphatic carbocycles. The Hall–Kier alpha value is -1.72. The first-order valence-corrected chi connectivity index (χ1v) is 7.50. The quantitative estimate of drug-likeness (QED) is 0.677. The van der Waals surface area contributed by atoms with E-state index in [9.17, 15) is 4.79 Å². The number of carbonyl (C=O) groups excluding carboxylic acids is 1. The number of benzene rings is 1. The van der Waals surface area contributed by atoms with Crippen LogP contribution in [-0.4, -0.2) is 31.7 Å². The van der Waals surface area contributed by atoms with E-state index < -0.39 is 0 Å². The third-order valence-corrected chi connectivity index (χ3v) is 3.91. The third kappa shape index (κ3) is 5.44. The van der Waals surface area contributed by atoms with Gasteiger partial charge < -0.3 is 20.5 Å². The summed E-state index contributed by atoms with van der Waals surface area (Å²) in [4.78, 5) is 12.5. The largest absolute Gasteiger partial charge is 0.493 e. The molecule has 0 unspecified atom stereocenters. The van der Waals surface area contributed by atoms with Gasteiger partial charge in [-0.05, 0) is 31.0 Å². The lowest BCUT2D eigenvalue weighted by Crippen LogP contribution is -2.52. The zero-order valence-corrected chi connectivity index (χ0v) is 14.9. The average Bonchev–Trinajstić information content (AvgIpc) is 2.57. The van der Waals surface area contributed by atoms with E-state index in [1.165, 1.54) is 0 Å². The van der Waals surface area contributed by atoms with Crippen LogP contribution in [0.4, 0.5) is 0 Å². The fourth-order valence-electron chi connectivity index (χ4n) is 2.16. The zero-order valence-electron chi connectivity index (χ0n) is 14.1. The highest BCUT2D eigenvalue weighted by Gasteiger charge is 2.27. The summed E-state index contributed by atoms with van der Waals surface area (Å²) in [6.45, 7) is 8.42. The molecule has 1 aromatic carbocycles. The van der Waals surface area contributed by atoms with Gasteiger partial charge in [-0.1, -0.05) is 26.5 Å². The third-order valence-electron chi connectivity index (χ3n) is 3.91. The Bertz CT molecular complexity index is 508. The first-order valence-electron chi connectivity index (χ1n) is 7.50. The van der Waals surface area contributed by atoms with Crippen LogP contribution in [0.5, 0.6) is 11.5 Å². The van der Waals surface area contributed by atoms with Crippen molar-refractivity contribution in [3.8, 4) is 11.5 Å². The lowest BCUT2D eigenvalue weighted by molar-refractivity contribution is 0.0895. The number of hydrogen-bond donors (Lipinski definition) is 2. The SMILES string of the molecule is C=CCOc1ccc(C(=O)NC(CC)(CC)CN)cc1OC.Cl. The van der Waals surface area contributed by atoms with Crippen LogP contribution in [0.25, 0.3) is 0 Å². The van der Waals surface area contributed by atoms with Crippen LogP contribution in [0.15, 0.2) is 30.9 Å². The van der Waals surface area contributed by atoms with Crippen LogP contribution in [0.1, 0.15) is 37.0 Å². The van der Waals surface area contributed by atoms with Crippen molar-refractivity contribution in [2.24, 2.45) is 5.73 Å². The predicted octanol–water partition coefficient (Wildman–Crippen LogP) is 2.93. The minimum absolute atomic E-state index is 0. The molecule has 1 amide bonds. The number of amides is 1. The summed E-state index contributed by atoms with van der Waals surface area (Å²) in [5.74, 6) is 0.929. The molecule has 0 radical (unpaired) electrons. The highest BCUT2D eigenvalue weighted by molar-refractivity contribution is 5.95. The smallest absolute Gasteiger partial charge is 0.251 e. The van der Waals surface area contributed by atoms with E-state index >= 15 is 0 Å². The van der Waals surface area contributed by atoms with Crippen molar-refractivity contribution in [1.29, 1.82) is 0 Å². The van der Waals surface area contributed by atoms with Gasteiger partial charge in [-0.25, -0.2) is 0 Å². The highest BCUT2D eigenvalue weighted by atomic mass is 35.5.